The molecule has 0 aromatic heterocycles. The number of Topliss-reactive ketones (excluding diaryl/α,β-unsaturated/α-hetero) is 1. The first-order chi connectivity index (χ1) is 11.0. The van der Waals surface area contributed by atoms with Crippen LogP contribution in [0.5, 0.6) is 0 Å². The number of nitrogens with one attached hydrogen (secondary N) is 1. The zero-order chi connectivity index (χ0) is 16.2. The number of amides is 1. The van der Waals surface area contributed by atoms with Crippen LogP contribution < -0.4 is 5.32 Å². The fourth-order valence-corrected chi connectivity index (χ4v) is 5.17. The van der Waals surface area contributed by atoms with Gasteiger partial charge in [0.1, 0.15) is 5.78 Å². The molecule has 122 valence electrons. The molecule has 1 N–H and O–H groups in total. The van der Waals surface area contributed by atoms with E-state index in [0.717, 1.165) is 31.2 Å². The smallest absolute Gasteiger partial charge is 0.230 e. The monoisotopic (exact) mass is 311 g/mol. The minimum absolute atomic E-state index is 0.118. The first-order valence-electron chi connectivity index (χ1n) is 8.87. The third-order valence-corrected chi connectivity index (χ3v) is 6.53. The largest absolute Gasteiger partial charge is 0.352 e. The molecular formula is C20H25NO2. The molecular weight excluding hydrogens is 286 g/mol. The van der Waals surface area contributed by atoms with Gasteiger partial charge in [0.15, 0.2) is 0 Å². The van der Waals surface area contributed by atoms with E-state index >= 15 is 0 Å². The van der Waals surface area contributed by atoms with Gasteiger partial charge in [0.05, 0.1) is 5.41 Å². The maximum Gasteiger partial charge on any atom is 0.230 e. The topological polar surface area (TPSA) is 46.2 Å². The van der Waals surface area contributed by atoms with Gasteiger partial charge in [-0.3, -0.25) is 9.59 Å². The molecule has 1 aromatic carbocycles. The van der Waals surface area contributed by atoms with Crippen LogP contribution in [0.4, 0.5) is 0 Å². The van der Waals surface area contributed by atoms with Gasteiger partial charge in [-0.2, -0.15) is 0 Å². The molecule has 3 nitrogen and oxygen atoms in total. The number of hydrogen-bond acceptors (Lipinski definition) is 2. The van der Waals surface area contributed by atoms with E-state index < -0.39 is 5.41 Å². The summed E-state index contributed by atoms with van der Waals surface area (Å²) in [4.78, 5) is 25.1. The lowest BCUT2D eigenvalue weighted by Gasteiger charge is -2.53. The molecule has 1 aromatic rings. The van der Waals surface area contributed by atoms with Crippen molar-refractivity contribution < 1.29 is 9.59 Å². The molecule has 4 saturated carbocycles. The van der Waals surface area contributed by atoms with Crippen LogP contribution in [0.1, 0.15) is 45.1 Å². The highest BCUT2D eigenvalue weighted by molar-refractivity contribution is 5.88. The zero-order valence-corrected chi connectivity index (χ0v) is 13.9. The lowest BCUT2D eigenvalue weighted by molar-refractivity contribution is -0.144. The van der Waals surface area contributed by atoms with Gasteiger partial charge in [-0.25, -0.2) is 0 Å². The van der Waals surface area contributed by atoms with E-state index in [2.05, 4.69) is 5.32 Å². The molecule has 4 bridgehead atoms. The molecule has 0 saturated heterocycles. The number of carbonyl (C=O) groups excluding carboxylic acids is 2. The van der Waals surface area contributed by atoms with E-state index in [9.17, 15) is 9.59 Å². The summed E-state index contributed by atoms with van der Waals surface area (Å²) in [6.45, 7) is 3.99. The van der Waals surface area contributed by atoms with Crippen LogP contribution in [0.25, 0.3) is 0 Å². The van der Waals surface area contributed by atoms with Crippen LogP contribution in [0.3, 0.4) is 0 Å². The Bertz CT molecular complexity index is 602. The fourth-order valence-electron chi connectivity index (χ4n) is 5.17. The van der Waals surface area contributed by atoms with Crippen molar-refractivity contribution in [2.45, 2.75) is 51.0 Å². The maximum atomic E-state index is 12.9. The highest BCUT2D eigenvalue weighted by atomic mass is 16.2. The van der Waals surface area contributed by atoms with Crippen LogP contribution in [0, 0.1) is 23.7 Å². The Labute approximate surface area is 137 Å². The van der Waals surface area contributed by atoms with Gasteiger partial charge in [0.25, 0.3) is 0 Å². The summed E-state index contributed by atoms with van der Waals surface area (Å²) in [6, 6.07) is 10.3. The molecule has 0 aliphatic heterocycles. The van der Waals surface area contributed by atoms with Crippen LogP contribution >= 0.6 is 0 Å². The second-order valence-corrected chi connectivity index (χ2v) is 8.25. The number of carbonyl (C=O) groups is 2. The Morgan fingerprint density at radius 1 is 1.00 bits per heavy atom. The van der Waals surface area contributed by atoms with Crippen molar-refractivity contribution in [3.8, 4) is 0 Å². The Morgan fingerprint density at radius 2 is 1.52 bits per heavy atom. The Hall–Kier alpha value is -1.64. The number of hydrogen-bond donors (Lipinski definition) is 1. The quantitative estimate of drug-likeness (QED) is 0.932. The molecule has 4 aliphatic carbocycles. The normalized spacial score (nSPS) is 35.4. The molecule has 0 atom stereocenters. The first kappa shape index (κ1) is 14.9. The number of rotatable bonds is 3. The number of benzene rings is 1. The summed E-state index contributed by atoms with van der Waals surface area (Å²) in [5.74, 6) is 2.21. The van der Waals surface area contributed by atoms with Crippen molar-refractivity contribution in [1.82, 2.24) is 5.32 Å². The molecule has 4 fully saturated rings. The van der Waals surface area contributed by atoms with E-state index in [1.165, 1.54) is 0 Å². The second kappa shape index (κ2) is 5.19. The maximum absolute atomic E-state index is 12.9. The van der Waals surface area contributed by atoms with Gasteiger partial charge in [0, 0.05) is 17.9 Å². The van der Waals surface area contributed by atoms with E-state index in [4.69, 9.17) is 0 Å². The molecule has 5 rings (SSSR count). The highest BCUT2D eigenvalue weighted by Gasteiger charge is 2.53. The van der Waals surface area contributed by atoms with Crippen molar-refractivity contribution in [2.75, 3.05) is 0 Å². The Balaban J connectivity index is 1.51. The van der Waals surface area contributed by atoms with E-state index in [1.807, 2.05) is 44.2 Å². The Morgan fingerprint density at radius 3 is 2.04 bits per heavy atom. The molecule has 0 radical (unpaired) electrons. The molecule has 3 heteroatoms. The van der Waals surface area contributed by atoms with Crippen LogP contribution in [0.15, 0.2) is 30.3 Å². The highest BCUT2D eigenvalue weighted by Crippen LogP contribution is 2.52. The minimum Gasteiger partial charge on any atom is -0.352 e. The van der Waals surface area contributed by atoms with Gasteiger partial charge < -0.3 is 5.32 Å². The van der Waals surface area contributed by atoms with Crippen molar-refractivity contribution in [3.63, 3.8) is 0 Å². The molecule has 4 aliphatic rings. The second-order valence-electron chi connectivity index (χ2n) is 8.25. The van der Waals surface area contributed by atoms with E-state index in [1.54, 1.807) is 0 Å². The molecule has 1 amide bonds. The summed E-state index contributed by atoms with van der Waals surface area (Å²) in [5.41, 5.74) is 0.530. The van der Waals surface area contributed by atoms with Gasteiger partial charge in [-0.05, 0) is 56.9 Å². The van der Waals surface area contributed by atoms with Crippen LogP contribution in [-0.4, -0.2) is 17.7 Å². The molecule has 0 spiro atoms. The SMILES string of the molecule is CC(C)(C(=O)NC1C2CC3CC1CC(C2)C3=O)c1ccccc1. The summed E-state index contributed by atoms with van der Waals surface area (Å²) in [5, 5.41) is 3.37. The average molecular weight is 311 g/mol. The Kier molecular flexibility index (Phi) is 3.36. The van der Waals surface area contributed by atoms with Crippen molar-refractivity contribution in [3.05, 3.63) is 35.9 Å². The summed E-state index contributed by atoms with van der Waals surface area (Å²) >= 11 is 0. The third-order valence-electron chi connectivity index (χ3n) is 6.53. The minimum atomic E-state index is -0.522. The first-order valence-corrected chi connectivity index (χ1v) is 8.87. The van der Waals surface area contributed by atoms with Crippen molar-refractivity contribution in [2.24, 2.45) is 23.7 Å². The third kappa shape index (κ3) is 2.32. The van der Waals surface area contributed by atoms with Gasteiger partial charge >= 0.3 is 0 Å². The fraction of sp³-hybridized carbons (Fsp3) is 0.600. The van der Waals surface area contributed by atoms with Crippen LogP contribution in [0.2, 0.25) is 0 Å². The number of ketones is 1. The average Bonchev–Trinajstić information content (AvgIpc) is 2.53. The lowest BCUT2D eigenvalue weighted by atomic mass is 9.53. The summed E-state index contributed by atoms with van der Waals surface area (Å²) in [6.07, 6.45) is 3.95. The van der Waals surface area contributed by atoms with Crippen molar-refractivity contribution in [1.29, 1.82) is 0 Å². The standard InChI is InChI=1S/C20H25NO2/c1-20(2,16-6-4-3-5-7-16)19(23)21-17-12-8-14-10-13(17)11-15(9-12)18(14)22/h3-7,12-15,17H,8-11H2,1-2H3,(H,21,23). The van der Waals surface area contributed by atoms with Gasteiger partial charge in [-0.15, -0.1) is 0 Å². The summed E-state index contributed by atoms with van der Waals surface area (Å²) < 4.78 is 0. The molecule has 23 heavy (non-hydrogen) atoms. The van der Waals surface area contributed by atoms with Gasteiger partial charge in [0.2, 0.25) is 5.91 Å². The predicted octanol–water partition coefficient (Wildman–Crippen LogP) is 3.08. The summed E-state index contributed by atoms with van der Waals surface area (Å²) in [7, 11) is 0. The predicted molar refractivity (Wildman–Crippen MR) is 88.8 cm³/mol. The molecule has 0 unspecified atom stereocenters. The zero-order valence-electron chi connectivity index (χ0n) is 13.9. The van der Waals surface area contributed by atoms with Crippen molar-refractivity contribution >= 4 is 11.7 Å². The van der Waals surface area contributed by atoms with E-state index in [-0.39, 0.29) is 23.8 Å². The molecule has 0 heterocycles. The lowest BCUT2D eigenvalue weighted by Crippen LogP contribution is -2.60. The van der Waals surface area contributed by atoms with Crippen LogP contribution in [-0.2, 0) is 15.0 Å². The van der Waals surface area contributed by atoms with Gasteiger partial charge in [-0.1, -0.05) is 30.3 Å². The van der Waals surface area contributed by atoms with E-state index in [0.29, 0.717) is 17.6 Å².